The van der Waals surface area contributed by atoms with Gasteiger partial charge in [-0.25, -0.2) is 0 Å². The minimum Gasteiger partial charge on any atom is -0.352 e. The van der Waals surface area contributed by atoms with E-state index < -0.39 is 0 Å². The smallest absolute Gasteiger partial charge is 0.251 e. The molecule has 0 heterocycles. The summed E-state index contributed by atoms with van der Waals surface area (Å²) in [6.45, 7) is 3.28. The topological polar surface area (TPSA) is 63.2 Å². The Morgan fingerprint density at radius 1 is 0.880 bits per heavy atom. The Balaban J connectivity index is 1.97. The van der Waals surface area contributed by atoms with Gasteiger partial charge in [-0.2, -0.15) is 0 Å². The van der Waals surface area contributed by atoms with E-state index in [1.807, 2.05) is 30.3 Å². The molecule has 4 nitrogen and oxygen atoms in total. The number of ketones is 2. The number of nitrogens with one attached hydrogen (secondary N) is 1. The van der Waals surface area contributed by atoms with Crippen LogP contribution in [0, 0.1) is 0 Å². The first kappa shape index (κ1) is 18.3. The summed E-state index contributed by atoms with van der Waals surface area (Å²) in [7, 11) is 0. The van der Waals surface area contributed by atoms with E-state index in [1.165, 1.54) is 19.4 Å². The van der Waals surface area contributed by atoms with Crippen molar-refractivity contribution in [1.82, 2.24) is 5.32 Å². The predicted molar refractivity (Wildman–Crippen MR) is 98.3 cm³/mol. The van der Waals surface area contributed by atoms with Crippen LogP contribution >= 0.6 is 0 Å². The van der Waals surface area contributed by atoms with Crippen LogP contribution < -0.4 is 5.32 Å². The molecule has 2 aromatic rings. The summed E-state index contributed by atoms with van der Waals surface area (Å²) >= 11 is 0. The maximum absolute atomic E-state index is 12.2. The van der Waals surface area contributed by atoms with E-state index in [4.69, 9.17) is 0 Å². The Morgan fingerprint density at radius 3 is 2.04 bits per heavy atom. The molecular weight excluding hydrogens is 314 g/mol. The third-order valence-electron chi connectivity index (χ3n) is 3.78. The van der Waals surface area contributed by atoms with Crippen LogP contribution in [-0.2, 0) is 16.0 Å². The second-order valence-corrected chi connectivity index (χ2v) is 5.78. The van der Waals surface area contributed by atoms with E-state index in [-0.39, 0.29) is 23.0 Å². The van der Waals surface area contributed by atoms with E-state index in [0.29, 0.717) is 17.7 Å². The van der Waals surface area contributed by atoms with Crippen LogP contribution in [0.25, 0.3) is 6.08 Å². The molecule has 4 heteroatoms. The fraction of sp³-hybridized carbons (Fsp3) is 0.190. The summed E-state index contributed by atoms with van der Waals surface area (Å²) in [4.78, 5) is 35.0. The molecule has 0 spiro atoms. The maximum atomic E-state index is 12.2. The lowest BCUT2D eigenvalue weighted by atomic mass is 10.0. The monoisotopic (exact) mass is 335 g/mol. The highest BCUT2D eigenvalue weighted by molar-refractivity contribution is 6.21. The van der Waals surface area contributed by atoms with Crippen LogP contribution in [0.1, 0.15) is 35.3 Å². The number of carbonyl (C=O) groups is 3. The van der Waals surface area contributed by atoms with Gasteiger partial charge in [-0.05, 0) is 49.6 Å². The van der Waals surface area contributed by atoms with E-state index in [2.05, 4.69) is 5.32 Å². The fourth-order valence-electron chi connectivity index (χ4n) is 2.42. The van der Waals surface area contributed by atoms with Gasteiger partial charge < -0.3 is 5.32 Å². The van der Waals surface area contributed by atoms with Gasteiger partial charge in [-0.1, -0.05) is 42.5 Å². The highest BCUT2D eigenvalue weighted by atomic mass is 16.2. The van der Waals surface area contributed by atoms with Gasteiger partial charge in [0.2, 0.25) is 0 Å². The molecule has 0 saturated carbocycles. The SMILES string of the molecule is CC(=O)C(=Cc1ccc(C(=O)NCCc2ccccc2)cc1)C(C)=O. The van der Waals surface area contributed by atoms with Crippen LogP contribution in [-0.4, -0.2) is 24.0 Å². The van der Waals surface area contributed by atoms with Crippen molar-refractivity contribution in [3.8, 4) is 0 Å². The lowest BCUT2D eigenvalue weighted by molar-refractivity contribution is -0.119. The van der Waals surface area contributed by atoms with Crippen LogP contribution in [0.4, 0.5) is 0 Å². The normalized spacial score (nSPS) is 10.0. The molecule has 2 rings (SSSR count). The number of benzene rings is 2. The number of allylic oxidation sites excluding steroid dienone is 1. The molecule has 0 bridgehead atoms. The number of rotatable bonds is 7. The third kappa shape index (κ3) is 5.53. The average molecular weight is 335 g/mol. The van der Waals surface area contributed by atoms with Crippen molar-refractivity contribution in [2.45, 2.75) is 20.3 Å². The second kappa shape index (κ2) is 8.73. The number of hydrogen-bond acceptors (Lipinski definition) is 3. The molecule has 2 aromatic carbocycles. The zero-order valence-corrected chi connectivity index (χ0v) is 14.4. The molecule has 0 radical (unpaired) electrons. The van der Waals surface area contributed by atoms with Crippen molar-refractivity contribution in [3.05, 3.63) is 76.9 Å². The zero-order chi connectivity index (χ0) is 18.2. The molecule has 128 valence electrons. The Bertz CT molecular complexity index is 774. The molecular formula is C21H21NO3. The Hall–Kier alpha value is -3.01. The van der Waals surface area contributed by atoms with Crippen LogP contribution in [0.3, 0.4) is 0 Å². The quantitative estimate of drug-likeness (QED) is 0.480. The van der Waals surface area contributed by atoms with E-state index in [0.717, 1.165) is 6.42 Å². The molecule has 0 aliphatic heterocycles. The average Bonchev–Trinajstić information content (AvgIpc) is 2.60. The summed E-state index contributed by atoms with van der Waals surface area (Å²) < 4.78 is 0. The molecule has 0 aliphatic carbocycles. The van der Waals surface area contributed by atoms with Gasteiger partial charge in [0, 0.05) is 12.1 Å². The summed E-state index contributed by atoms with van der Waals surface area (Å²) in [5.41, 5.74) is 2.57. The van der Waals surface area contributed by atoms with Crippen molar-refractivity contribution in [2.75, 3.05) is 6.54 Å². The molecule has 0 aromatic heterocycles. The molecule has 0 fully saturated rings. The third-order valence-corrected chi connectivity index (χ3v) is 3.78. The first-order valence-corrected chi connectivity index (χ1v) is 8.13. The highest BCUT2D eigenvalue weighted by Crippen LogP contribution is 2.11. The van der Waals surface area contributed by atoms with Crippen molar-refractivity contribution in [3.63, 3.8) is 0 Å². The molecule has 25 heavy (non-hydrogen) atoms. The minimum atomic E-state index is -0.268. The number of Topliss-reactive ketones (excluding diaryl/α,β-unsaturated/α-hetero) is 2. The van der Waals surface area contributed by atoms with Crippen LogP contribution in [0.15, 0.2) is 60.2 Å². The summed E-state index contributed by atoms with van der Waals surface area (Å²) in [6, 6.07) is 16.8. The van der Waals surface area contributed by atoms with Crippen LogP contribution in [0.5, 0.6) is 0 Å². The molecule has 0 unspecified atom stereocenters. The van der Waals surface area contributed by atoms with E-state index >= 15 is 0 Å². The molecule has 0 saturated heterocycles. The molecule has 1 N–H and O–H groups in total. The maximum Gasteiger partial charge on any atom is 0.251 e. The van der Waals surface area contributed by atoms with Crippen molar-refractivity contribution >= 4 is 23.5 Å². The lowest BCUT2D eigenvalue weighted by Gasteiger charge is -2.06. The van der Waals surface area contributed by atoms with Gasteiger partial charge in [0.05, 0.1) is 5.57 Å². The van der Waals surface area contributed by atoms with Gasteiger partial charge in [0.1, 0.15) is 0 Å². The highest BCUT2D eigenvalue weighted by Gasteiger charge is 2.10. The first-order valence-electron chi connectivity index (χ1n) is 8.13. The van der Waals surface area contributed by atoms with E-state index in [9.17, 15) is 14.4 Å². The minimum absolute atomic E-state index is 0.148. The van der Waals surface area contributed by atoms with Crippen molar-refractivity contribution < 1.29 is 14.4 Å². The second-order valence-electron chi connectivity index (χ2n) is 5.78. The fourth-order valence-corrected chi connectivity index (χ4v) is 2.42. The van der Waals surface area contributed by atoms with Gasteiger partial charge in [0.15, 0.2) is 11.6 Å². The van der Waals surface area contributed by atoms with Gasteiger partial charge >= 0.3 is 0 Å². The Kier molecular flexibility index (Phi) is 6.40. The number of amides is 1. The number of hydrogen-bond donors (Lipinski definition) is 1. The molecule has 1 amide bonds. The number of carbonyl (C=O) groups excluding carboxylic acids is 3. The lowest BCUT2D eigenvalue weighted by Crippen LogP contribution is -2.25. The Labute approximate surface area is 147 Å². The van der Waals surface area contributed by atoms with Crippen molar-refractivity contribution in [2.24, 2.45) is 0 Å². The Morgan fingerprint density at radius 2 is 1.48 bits per heavy atom. The van der Waals surface area contributed by atoms with Crippen LogP contribution in [0.2, 0.25) is 0 Å². The summed E-state index contributed by atoms with van der Waals surface area (Å²) in [6.07, 6.45) is 2.32. The van der Waals surface area contributed by atoms with Crippen molar-refractivity contribution in [1.29, 1.82) is 0 Å². The van der Waals surface area contributed by atoms with E-state index in [1.54, 1.807) is 30.3 Å². The zero-order valence-electron chi connectivity index (χ0n) is 14.4. The first-order chi connectivity index (χ1) is 12.0. The predicted octanol–water partition coefficient (Wildman–Crippen LogP) is 3.22. The molecule has 0 aliphatic rings. The van der Waals surface area contributed by atoms with Gasteiger partial charge in [-0.15, -0.1) is 0 Å². The molecule has 0 atom stereocenters. The largest absolute Gasteiger partial charge is 0.352 e. The summed E-state index contributed by atoms with van der Waals surface area (Å²) in [5.74, 6) is -0.685. The standard InChI is InChI=1S/C21H21NO3/c1-15(23)20(16(2)24)14-18-8-10-19(11-9-18)21(25)22-13-12-17-6-4-3-5-7-17/h3-11,14H,12-13H2,1-2H3,(H,22,25). The van der Waals surface area contributed by atoms with Gasteiger partial charge in [0.25, 0.3) is 5.91 Å². The summed E-state index contributed by atoms with van der Waals surface area (Å²) in [5, 5.41) is 2.88. The van der Waals surface area contributed by atoms with Gasteiger partial charge in [-0.3, -0.25) is 14.4 Å².